The van der Waals surface area contributed by atoms with E-state index in [1.165, 1.54) is 0 Å². The normalized spacial score (nSPS) is 12.0. The molecule has 0 atom stereocenters. The van der Waals surface area contributed by atoms with Crippen molar-refractivity contribution in [3.8, 4) is 0 Å². The number of aliphatic hydroxyl groups excluding tert-OH is 2. The largest absolute Gasteiger partial charge is 0.465 e. The zero-order valence-electron chi connectivity index (χ0n) is 9.99. The third-order valence-corrected chi connectivity index (χ3v) is 2.99. The number of nitrogens with one attached hydrogen (secondary N) is 1. The molecule has 1 heterocycles. The van der Waals surface area contributed by atoms with Crippen LogP contribution in [-0.4, -0.2) is 29.0 Å². The van der Waals surface area contributed by atoms with Gasteiger partial charge in [-0.1, -0.05) is 13.8 Å². The summed E-state index contributed by atoms with van der Waals surface area (Å²) in [5, 5.41) is 21.6. The lowest BCUT2D eigenvalue weighted by molar-refractivity contribution is 0.0847. The summed E-state index contributed by atoms with van der Waals surface area (Å²) in [4.78, 5) is 0. The molecule has 1 aromatic rings. The number of aryl methyl sites for hydroxylation is 1. The van der Waals surface area contributed by atoms with E-state index < -0.39 is 5.54 Å². The molecule has 0 aliphatic rings. The summed E-state index contributed by atoms with van der Waals surface area (Å²) in [5.41, 5.74) is -0.612. The minimum Gasteiger partial charge on any atom is -0.465 e. The molecule has 3 N–H and O–H groups in total. The Labute approximate surface area is 96.3 Å². The molecule has 0 saturated carbocycles. The van der Waals surface area contributed by atoms with E-state index >= 15 is 0 Å². The fourth-order valence-corrected chi connectivity index (χ4v) is 1.49. The van der Waals surface area contributed by atoms with Gasteiger partial charge in [-0.3, -0.25) is 0 Å². The van der Waals surface area contributed by atoms with Crippen molar-refractivity contribution in [2.75, 3.05) is 13.2 Å². The molecule has 1 aromatic heterocycles. The van der Waals surface area contributed by atoms with Gasteiger partial charge >= 0.3 is 0 Å². The van der Waals surface area contributed by atoms with Crippen LogP contribution in [0.2, 0.25) is 0 Å². The molecule has 4 nitrogen and oxygen atoms in total. The highest BCUT2D eigenvalue weighted by molar-refractivity contribution is 5.07. The minimum atomic E-state index is -0.612. The Morgan fingerprint density at radius 3 is 2.25 bits per heavy atom. The molecule has 0 spiro atoms. The summed E-state index contributed by atoms with van der Waals surface area (Å²) in [7, 11) is 0. The van der Waals surface area contributed by atoms with Gasteiger partial charge in [0, 0.05) is 6.42 Å². The smallest absolute Gasteiger partial charge is 0.117 e. The van der Waals surface area contributed by atoms with Crippen LogP contribution in [0.25, 0.3) is 0 Å². The molecule has 0 amide bonds. The Kier molecular flexibility index (Phi) is 4.99. The minimum absolute atomic E-state index is 0.0820. The summed E-state index contributed by atoms with van der Waals surface area (Å²) in [6, 6.07) is 3.86. The van der Waals surface area contributed by atoms with Gasteiger partial charge in [-0.25, -0.2) is 0 Å². The van der Waals surface area contributed by atoms with E-state index in [0.717, 1.165) is 17.9 Å². The first-order chi connectivity index (χ1) is 7.69. The van der Waals surface area contributed by atoms with Gasteiger partial charge in [-0.15, -0.1) is 0 Å². The molecule has 92 valence electrons. The van der Waals surface area contributed by atoms with E-state index in [2.05, 4.69) is 5.32 Å². The van der Waals surface area contributed by atoms with Crippen molar-refractivity contribution in [1.82, 2.24) is 5.32 Å². The second-order valence-electron chi connectivity index (χ2n) is 4.03. The maximum Gasteiger partial charge on any atom is 0.117 e. The fraction of sp³-hybridized carbons (Fsp3) is 0.667. The van der Waals surface area contributed by atoms with E-state index in [0.29, 0.717) is 13.0 Å². The van der Waals surface area contributed by atoms with Crippen molar-refractivity contribution in [1.29, 1.82) is 0 Å². The molecule has 0 radical (unpaired) electrons. The Balaban J connectivity index is 2.55. The zero-order valence-corrected chi connectivity index (χ0v) is 9.99. The molecular weight excluding hydrogens is 206 g/mol. The van der Waals surface area contributed by atoms with Crippen LogP contribution in [-0.2, 0) is 13.0 Å². The number of hydrogen-bond donors (Lipinski definition) is 3. The second kappa shape index (κ2) is 6.03. The van der Waals surface area contributed by atoms with Crippen LogP contribution < -0.4 is 5.32 Å². The van der Waals surface area contributed by atoms with Gasteiger partial charge in [0.2, 0.25) is 0 Å². The first-order valence-corrected chi connectivity index (χ1v) is 5.74. The molecule has 0 saturated heterocycles. The average molecular weight is 227 g/mol. The third kappa shape index (κ3) is 3.07. The van der Waals surface area contributed by atoms with Gasteiger partial charge in [0.05, 0.1) is 25.3 Å². The van der Waals surface area contributed by atoms with Crippen LogP contribution in [0.5, 0.6) is 0 Å². The monoisotopic (exact) mass is 227 g/mol. The van der Waals surface area contributed by atoms with Gasteiger partial charge in [-0.05, 0) is 18.6 Å². The van der Waals surface area contributed by atoms with Crippen molar-refractivity contribution in [3.05, 3.63) is 23.7 Å². The van der Waals surface area contributed by atoms with E-state index in [1.807, 2.05) is 26.0 Å². The summed E-state index contributed by atoms with van der Waals surface area (Å²) < 4.78 is 5.54. The average Bonchev–Trinajstić information content (AvgIpc) is 2.80. The zero-order chi connectivity index (χ0) is 12.0. The predicted molar refractivity (Wildman–Crippen MR) is 62.1 cm³/mol. The Morgan fingerprint density at radius 2 is 1.81 bits per heavy atom. The van der Waals surface area contributed by atoms with Gasteiger partial charge in [0.25, 0.3) is 0 Å². The van der Waals surface area contributed by atoms with Crippen molar-refractivity contribution in [2.24, 2.45) is 0 Å². The maximum atomic E-state index is 9.25. The standard InChI is InChI=1S/C12H21NO3/c1-3-10-5-6-11(16-10)7-13-12(4-2,8-14)9-15/h5-6,13-15H,3-4,7-9H2,1-2H3. The molecule has 0 bridgehead atoms. The van der Waals surface area contributed by atoms with Gasteiger partial charge < -0.3 is 19.9 Å². The Hall–Kier alpha value is -0.840. The topological polar surface area (TPSA) is 65.6 Å². The first-order valence-electron chi connectivity index (χ1n) is 5.74. The number of rotatable bonds is 7. The highest BCUT2D eigenvalue weighted by Crippen LogP contribution is 2.12. The second-order valence-corrected chi connectivity index (χ2v) is 4.03. The quantitative estimate of drug-likeness (QED) is 0.652. The van der Waals surface area contributed by atoms with Crippen LogP contribution in [0.4, 0.5) is 0 Å². The number of aliphatic hydroxyl groups is 2. The van der Waals surface area contributed by atoms with Gasteiger partial charge in [-0.2, -0.15) is 0 Å². The van der Waals surface area contributed by atoms with Crippen molar-refractivity contribution in [2.45, 2.75) is 38.8 Å². The van der Waals surface area contributed by atoms with Gasteiger partial charge in [0.1, 0.15) is 11.5 Å². The molecular formula is C12H21NO3. The molecule has 0 aromatic carbocycles. The third-order valence-electron chi connectivity index (χ3n) is 2.99. The molecule has 1 rings (SSSR count). The first kappa shape index (κ1) is 13.2. The van der Waals surface area contributed by atoms with Crippen LogP contribution in [0, 0.1) is 0 Å². The fourth-order valence-electron chi connectivity index (χ4n) is 1.49. The van der Waals surface area contributed by atoms with Crippen LogP contribution in [0.3, 0.4) is 0 Å². The lowest BCUT2D eigenvalue weighted by Gasteiger charge is -2.29. The highest BCUT2D eigenvalue weighted by Gasteiger charge is 2.25. The van der Waals surface area contributed by atoms with E-state index in [-0.39, 0.29) is 13.2 Å². The van der Waals surface area contributed by atoms with E-state index in [9.17, 15) is 10.2 Å². The molecule has 0 aliphatic carbocycles. The lowest BCUT2D eigenvalue weighted by atomic mass is 9.98. The Morgan fingerprint density at radius 1 is 1.19 bits per heavy atom. The molecule has 0 unspecified atom stereocenters. The molecule has 0 fully saturated rings. The van der Waals surface area contributed by atoms with Crippen LogP contribution >= 0.6 is 0 Å². The molecule has 0 aliphatic heterocycles. The molecule has 16 heavy (non-hydrogen) atoms. The SMILES string of the molecule is CCc1ccc(CNC(CC)(CO)CO)o1. The Bertz CT molecular complexity index is 297. The summed E-state index contributed by atoms with van der Waals surface area (Å²) in [6.07, 6.45) is 1.54. The number of hydrogen-bond acceptors (Lipinski definition) is 4. The molecule has 4 heteroatoms. The summed E-state index contributed by atoms with van der Waals surface area (Å²) >= 11 is 0. The van der Waals surface area contributed by atoms with Gasteiger partial charge in [0.15, 0.2) is 0 Å². The highest BCUT2D eigenvalue weighted by atomic mass is 16.3. The van der Waals surface area contributed by atoms with Crippen LogP contribution in [0.15, 0.2) is 16.5 Å². The van der Waals surface area contributed by atoms with Crippen molar-refractivity contribution >= 4 is 0 Å². The lowest BCUT2D eigenvalue weighted by Crippen LogP contribution is -2.50. The van der Waals surface area contributed by atoms with Crippen molar-refractivity contribution in [3.63, 3.8) is 0 Å². The predicted octanol–water partition coefficient (Wildman–Crippen LogP) is 1.06. The van der Waals surface area contributed by atoms with E-state index in [1.54, 1.807) is 0 Å². The summed E-state index contributed by atoms with van der Waals surface area (Å²) in [5.74, 6) is 1.78. The summed E-state index contributed by atoms with van der Waals surface area (Å²) in [6.45, 7) is 4.32. The maximum absolute atomic E-state index is 9.25. The van der Waals surface area contributed by atoms with Crippen molar-refractivity contribution < 1.29 is 14.6 Å². The van der Waals surface area contributed by atoms with E-state index in [4.69, 9.17) is 4.42 Å². The number of furan rings is 1. The van der Waals surface area contributed by atoms with Crippen LogP contribution in [0.1, 0.15) is 31.8 Å².